The average molecular weight is 406 g/mol. The first kappa shape index (κ1) is 15.8. The van der Waals surface area contributed by atoms with E-state index in [1.54, 1.807) is 12.1 Å². The topological polar surface area (TPSA) is 46.5 Å². The zero-order valence-electron chi connectivity index (χ0n) is 11.5. The monoisotopic (exact) mass is 404 g/mol. The Kier molecular flexibility index (Phi) is 5.13. The van der Waals surface area contributed by atoms with Crippen molar-refractivity contribution in [1.82, 2.24) is 0 Å². The molecule has 1 aromatic carbocycles. The van der Waals surface area contributed by atoms with Gasteiger partial charge in [-0.2, -0.15) is 0 Å². The first-order valence-corrected chi connectivity index (χ1v) is 8.34. The molecule has 1 saturated carbocycles. The molecular weight excluding hydrogens is 388 g/mol. The molecule has 0 saturated heterocycles. The van der Waals surface area contributed by atoms with Gasteiger partial charge in [-0.3, -0.25) is 0 Å². The van der Waals surface area contributed by atoms with Crippen LogP contribution in [-0.4, -0.2) is 17.2 Å². The quantitative estimate of drug-likeness (QED) is 0.759. The summed E-state index contributed by atoms with van der Waals surface area (Å²) >= 11 is 6.81. The molecule has 0 heterocycles. The van der Waals surface area contributed by atoms with E-state index in [-0.39, 0.29) is 11.7 Å². The summed E-state index contributed by atoms with van der Waals surface area (Å²) in [6.45, 7) is 4.51. The molecule has 1 aliphatic carbocycles. The van der Waals surface area contributed by atoms with E-state index in [9.17, 15) is 4.79 Å². The second kappa shape index (κ2) is 6.48. The minimum absolute atomic E-state index is 0.192. The van der Waals surface area contributed by atoms with E-state index in [1.807, 2.05) is 0 Å². The molecule has 3 nitrogen and oxygen atoms in total. The number of rotatable bonds is 3. The van der Waals surface area contributed by atoms with Crippen LogP contribution in [0.25, 0.3) is 0 Å². The summed E-state index contributed by atoms with van der Waals surface area (Å²) < 4.78 is 7.46. The summed E-state index contributed by atoms with van der Waals surface area (Å²) in [5, 5.41) is 9.03. The second-order valence-electron chi connectivity index (χ2n) is 5.73. The normalized spacial score (nSPS) is 26.3. The van der Waals surface area contributed by atoms with E-state index in [1.165, 1.54) is 6.42 Å². The van der Waals surface area contributed by atoms with Gasteiger partial charge in [-0.15, -0.1) is 0 Å². The van der Waals surface area contributed by atoms with Crippen molar-refractivity contribution in [2.24, 2.45) is 11.8 Å². The molecule has 0 aromatic heterocycles. The Morgan fingerprint density at radius 3 is 2.10 bits per heavy atom. The predicted octanol–water partition coefficient (Wildman–Crippen LogP) is 5.11. The molecule has 0 aliphatic heterocycles. The number of carboxylic acids is 1. The maximum atomic E-state index is 11.0. The Bertz CT molecular complexity index is 483. The molecule has 1 aliphatic rings. The summed E-state index contributed by atoms with van der Waals surface area (Å²) in [5.74, 6) is 1.08. The largest absolute Gasteiger partial charge is 0.488 e. The highest BCUT2D eigenvalue weighted by Crippen LogP contribution is 2.38. The Morgan fingerprint density at radius 1 is 1.15 bits per heavy atom. The average Bonchev–Trinajstić information content (AvgIpc) is 2.32. The molecule has 1 N–H and O–H groups in total. The maximum absolute atomic E-state index is 11.0. The van der Waals surface area contributed by atoms with Crippen molar-refractivity contribution in [2.75, 3.05) is 0 Å². The molecule has 2 unspecified atom stereocenters. The molecule has 0 radical (unpaired) electrons. The van der Waals surface area contributed by atoms with Crippen LogP contribution in [0, 0.1) is 11.8 Å². The smallest absolute Gasteiger partial charge is 0.335 e. The molecule has 20 heavy (non-hydrogen) atoms. The maximum Gasteiger partial charge on any atom is 0.335 e. The van der Waals surface area contributed by atoms with E-state index < -0.39 is 5.97 Å². The van der Waals surface area contributed by atoms with E-state index in [0.29, 0.717) is 26.5 Å². The van der Waals surface area contributed by atoms with Crippen molar-refractivity contribution in [1.29, 1.82) is 0 Å². The van der Waals surface area contributed by atoms with Crippen molar-refractivity contribution >= 4 is 37.8 Å². The predicted molar refractivity (Wildman–Crippen MR) is 85.4 cm³/mol. The van der Waals surface area contributed by atoms with Gasteiger partial charge in [0.25, 0.3) is 0 Å². The summed E-state index contributed by atoms with van der Waals surface area (Å²) in [7, 11) is 0. The van der Waals surface area contributed by atoms with Gasteiger partial charge in [-0.25, -0.2) is 4.79 Å². The molecule has 0 spiro atoms. The highest BCUT2D eigenvalue weighted by molar-refractivity contribution is 9.11. The van der Waals surface area contributed by atoms with Crippen LogP contribution in [0.4, 0.5) is 0 Å². The fraction of sp³-hybridized carbons (Fsp3) is 0.533. The van der Waals surface area contributed by atoms with Gasteiger partial charge < -0.3 is 9.84 Å². The van der Waals surface area contributed by atoms with Crippen molar-refractivity contribution in [3.8, 4) is 5.75 Å². The molecule has 0 amide bonds. The van der Waals surface area contributed by atoms with Gasteiger partial charge in [0.2, 0.25) is 0 Å². The van der Waals surface area contributed by atoms with Gasteiger partial charge in [0.1, 0.15) is 5.75 Å². The first-order chi connectivity index (χ1) is 9.36. The zero-order valence-corrected chi connectivity index (χ0v) is 14.7. The lowest BCUT2D eigenvalue weighted by molar-refractivity contribution is 0.0696. The Morgan fingerprint density at radius 2 is 1.65 bits per heavy atom. The van der Waals surface area contributed by atoms with Gasteiger partial charge in [0.05, 0.1) is 20.6 Å². The van der Waals surface area contributed by atoms with Crippen LogP contribution in [0.1, 0.15) is 43.5 Å². The molecular formula is C15H18Br2O3. The number of ether oxygens (including phenoxy) is 1. The highest BCUT2D eigenvalue weighted by atomic mass is 79.9. The number of aromatic carboxylic acids is 1. The fourth-order valence-electron chi connectivity index (χ4n) is 2.93. The molecule has 0 bridgehead atoms. The highest BCUT2D eigenvalue weighted by Gasteiger charge is 2.26. The number of carbonyl (C=O) groups is 1. The number of benzene rings is 1. The third kappa shape index (κ3) is 3.76. The summed E-state index contributed by atoms with van der Waals surface area (Å²) in [6.07, 6.45) is 3.53. The lowest BCUT2D eigenvalue weighted by Gasteiger charge is -2.32. The van der Waals surface area contributed by atoms with E-state index in [0.717, 1.165) is 12.8 Å². The molecule has 1 aromatic rings. The summed E-state index contributed by atoms with van der Waals surface area (Å²) in [6, 6.07) is 3.16. The second-order valence-corrected chi connectivity index (χ2v) is 7.44. The summed E-state index contributed by atoms with van der Waals surface area (Å²) in [4.78, 5) is 11.0. The van der Waals surface area contributed by atoms with Crippen molar-refractivity contribution < 1.29 is 14.6 Å². The molecule has 5 heteroatoms. The van der Waals surface area contributed by atoms with Crippen LogP contribution in [0.3, 0.4) is 0 Å². The molecule has 1 fully saturated rings. The van der Waals surface area contributed by atoms with E-state index in [2.05, 4.69) is 45.7 Å². The van der Waals surface area contributed by atoms with Crippen molar-refractivity contribution in [2.45, 2.75) is 39.2 Å². The van der Waals surface area contributed by atoms with Crippen LogP contribution < -0.4 is 4.74 Å². The summed E-state index contributed by atoms with van der Waals surface area (Å²) in [5.41, 5.74) is 0.237. The first-order valence-electron chi connectivity index (χ1n) is 6.75. The van der Waals surface area contributed by atoms with Crippen LogP contribution in [-0.2, 0) is 0 Å². The number of carboxylic acid groups (broad SMARTS) is 1. The molecule has 2 atom stereocenters. The van der Waals surface area contributed by atoms with Gasteiger partial charge in [0.15, 0.2) is 0 Å². The van der Waals surface area contributed by atoms with Gasteiger partial charge in [-0.1, -0.05) is 13.8 Å². The third-order valence-electron chi connectivity index (χ3n) is 3.67. The SMILES string of the molecule is CC1CC(C)CC(Oc2c(Br)cc(C(=O)O)cc2Br)C1. The standard InChI is InChI=1S/C15H18Br2O3/c1-8-3-9(2)5-11(4-8)20-14-12(16)6-10(15(18)19)7-13(14)17/h6-9,11H,3-5H2,1-2H3,(H,18,19). The lowest BCUT2D eigenvalue weighted by atomic mass is 9.82. The number of halogens is 2. The van der Waals surface area contributed by atoms with Crippen LogP contribution in [0.15, 0.2) is 21.1 Å². The zero-order chi connectivity index (χ0) is 14.9. The lowest BCUT2D eigenvalue weighted by Crippen LogP contribution is -2.28. The van der Waals surface area contributed by atoms with E-state index in [4.69, 9.17) is 9.84 Å². The number of hydrogen-bond donors (Lipinski definition) is 1. The van der Waals surface area contributed by atoms with Gasteiger partial charge >= 0.3 is 5.97 Å². The van der Waals surface area contributed by atoms with Crippen molar-refractivity contribution in [3.05, 3.63) is 26.6 Å². The van der Waals surface area contributed by atoms with E-state index >= 15 is 0 Å². The van der Waals surface area contributed by atoms with Crippen LogP contribution in [0.2, 0.25) is 0 Å². The minimum atomic E-state index is -0.946. The Hall–Kier alpha value is -0.550. The Labute approximate surface area is 136 Å². The molecule has 110 valence electrons. The third-order valence-corrected chi connectivity index (χ3v) is 4.84. The number of hydrogen-bond acceptors (Lipinski definition) is 2. The molecule has 2 rings (SSSR count). The van der Waals surface area contributed by atoms with Crippen LogP contribution in [0.5, 0.6) is 5.75 Å². The Balaban J connectivity index is 2.19. The minimum Gasteiger partial charge on any atom is -0.488 e. The fourth-order valence-corrected chi connectivity index (χ4v) is 4.31. The van der Waals surface area contributed by atoms with Crippen LogP contribution >= 0.6 is 31.9 Å². The van der Waals surface area contributed by atoms with Gasteiger partial charge in [-0.05, 0) is 75.1 Å². The van der Waals surface area contributed by atoms with Gasteiger partial charge in [0, 0.05) is 0 Å². The van der Waals surface area contributed by atoms with Crippen molar-refractivity contribution in [3.63, 3.8) is 0 Å².